The second-order valence-corrected chi connectivity index (χ2v) is 4.46. The number of nitrogens with zero attached hydrogens (tertiary/aromatic N) is 2. The van der Waals surface area contributed by atoms with Crippen molar-refractivity contribution in [1.82, 2.24) is 9.97 Å². The number of benzene rings is 1. The summed E-state index contributed by atoms with van der Waals surface area (Å²) in [4.78, 5) is 19.7. The monoisotopic (exact) mass is 272 g/mol. The summed E-state index contributed by atoms with van der Waals surface area (Å²) >= 11 is 6.00. The Labute approximate surface area is 114 Å². The van der Waals surface area contributed by atoms with Gasteiger partial charge in [0.2, 0.25) is 5.89 Å². The lowest BCUT2D eigenvalue weighted by atomic mass is 10.1. The Hall–Kier alpha value is -2.20. The zero-order valence-corrected chi connectivity index (χ0v) is 10.8. The van der Waals surface area contributed by atoms with Crippen molar-refractivity contribution in [2.24, 2.45) is 0 Å². The van der Waals surface area contributed by atoms with Crippen molar-refractivity contribution in [3.8, 4) is 11.5 Å². The number of hydrogen-bond acceptors (Lipinski definition) is 4. The minimum atomic E-state index is -0.00846. The van der Waals surface area contributed by atoms with Gasteiger partial charge in [-0.15, -0.1) is 0 Å². The number of aromatic nitrogens is 2. The predicted molar refractivity (Wildman–Crippen MR) is 72.3 cm³/mol. The molecular formula is C14H9ClN2O2. The van der Waals surface area contributed by atoms with Gasteiger partial charge in [-0.05, 0) is 37.3 Å². The minimum absolute atomic E-state index is 0.00846. The van der Waals surface area contributed by atoms with Gasteiger partial charge in [-0.3, -0.25) is 4.79 Å². The van der Waals surface area contributed by atoms with E-state index in [-0.39, 0.29) is 5.78 Å². The van der Waals surface area contributed by atoms with E-state index in [0.717, 1.165) is 0 Å². The summed E-state index contributed by atoms with van der Waals surface area (Å²) in [5.74, 6) is 0.389. The lowest BCUT2D eigenvalue weighted by Crippen LogP contribution is -1.90. The zero-order chi connectivity index (χ0) is 13.4. The van der Waals surface area contributed by atoms with Crippen molar-refractivity contribution in [2.75, 3.05) is 0 Å². The van der Waals surface area contributed by atoms with Crippen molar-refractivity contribution in [3.05, 3.63) is 47.2 Å². The maximum atomic E-state index is 11.3. The number of Topliss-reactive ketones (excluding diaryl/α,β-unsaturated/α-hetero) is 1. The number of fused-ring (bicyclic) bond motifs is 1. The van der Waals surface area contributed by atoms with Crippen molar-refractivity contribution >= 4 is 28.5 Å². The van der Waals surface area contributed by atoms with Crippen molar-refractivity contribution in [2.45, 2.75) is 6.92 Å². The molecule has 0 unspecified atom stereocenters. The molecule has 2 heterocycles. The van der Waals surface area contributed by atoms with Crippen LogP contribution in [0.4, 0.5) is 0 Å². The summed E-state index contributed by atoms with van der Waals surface area (Å²) in [5.41, 5.74) is 2.47. The van der Waals surface area contributed by atoms with Gasteiger partial charge in [-0.25, -0.2) is 9.97 Å². The first-order chi connectivity index (χ1) is 9.15. The van der Waals surface area contributed by atoms with E-state index in [1.54, 1.807) is 36.5 Å². The molecule has 0 amide bonds. The topological polar surface area (TPSA) is 56.0 Å². The molecule has 0 fully saturated rings. The molecule has 0 saturated heterocycles. The molecule has 0 radical (unpaired) electrons. The van der Waals surface area contributed by atoms with Crippen LogP contribution in [0, 0.1) is 0 Å². The van der Waals surface area contributed by atoms with E-state index in [4.69, 9.17) is 16.0 Å². The highest BCUT2D eigenvalue weighted by atomic mass is 35.5. The maximum Gasteiger partial charge on any atom is 0.230 e. The summed E-state index contributed by atoms with van der Waals surface area (Å²) < 4.78 is 5.62. The first-order valence-corrected chi connectivity index (χ1v) is 6.05. The summed E-state index contributed by atoms with van der Waals surface area (Å²) in [6.07, 6.45) is 1.60. The van der Waals surface area contributed by atoms with Crippen molar-refractivity contribution in [3.63, 3.8) is 0 Å². The molecule has 0 aliphatic carbocycles. The standard InChI is InChI=1S/C14H9ClN2O2/c1-8(18)9-4-5-12-11(7-9)17-14(19-12)10-3-2-6-16-13(10)15/h2-7H,1H3. The molecule has 0 bridgehead atoms. The largest absolute Gasteiger partial charge is 0.436 e. The normalized spacial score (nSPS) is 10.8. The number of pyridine rings is 1. The number of hydrogen-bond donors (Lipinski definition) is 0. The quantitative estimate of drug-likeness (QED) is 0.527. The van der Waals surface area contributed by atoms with Crippen LogP contribution >= 0.6 is 11.6 Å². The lowest BCUT2D eigenvalue weighted by molar-refractivity contribution is 0.101. The molecule has 2 aromatic heterocycles. The Balaban J connectivity index is 2.17. The summed E-state index contributed by atoms with van der Waals surface area (Å²) in [6.45, 7) is 1.51. The minimum Gasteiger partial charge on any atom is -0.436 e. The van der Waals surface area contributed by atoms with Crippen LogP contribution in [-0.2, 0) is 0 Å². The van der Waals surface area contributed by atoms with Gasteiger partial charge < -0.3 is 4.42 Å². The van der Waals surface area contributed by atoms with Gasteiger partial charge in [-0.1, -0.05) is 11.6 Å². The molecule has 3 aromatic rings. The summed E-state index contributed by atoms with van der Waals surface area (Å²) in [5, 5.41) is 0.334. The smallest absolute Gasteiger partial charge is 0.230 e. The van der Waals surface area contributed by atoms with Gasteiger partial charge in [0.15, 0.2) is 11.4 Å². The highest BCUT2D eigenvalue weighted by Crippen LogP contribution is 2.28. The molecule has 0 aliphatic heterocycles. The predicted octanol–water partition coefficient (Wildman–Crippen LogP) is 3.75. The molecule has 0 aliphatic rings. The highest BCUT2D eigenvalue weighted by Gasteiger charge is 2.12. The Morgan fingerprint density at radius 1 is 1.32 bits per heavy atom. The van der Waals surface area contributed by atoms with E-state index in [1.807, 2.05) is 0 Å². The van der Waals surface area contributed by atoms with Gasteiger partial charge in [-0.2, -0.15) is 0 Å². The molecule has 5 heteroatoms. The number of carbonyl (C=O) groups is 1. The van der Waals surface area contributed by atoms with E-state index in [0.29, 0.717) is 33.3 Å². The van der Waals surface area contributed by atoms with E-state index in [2.05, 4.69) is 9.97 Å². The van der Waals surface area contributed by atoms with Gasteiger partial charge in [0.1, 0.15) is 10.7 Å². The fourth-order valence-corrected chi connectivity index (χ4v) is 2.01. The first-order valence-electron chi connectivity index (χ1n) is 5.67. The van der Waals surface area contributed by atoms with E-state index < -0.39 is 0 Å². The van der Waals surface area contributed by atoms with Crippen LogP contribution in [0.2, 0.25) is 5.15 Å². The third-order valence-electron chi connectivity index (χ3n) is 2.78. The van der Waals surface area contributed by atoms with Crippen LogP contribution in [0.5, 0.6) is 0 Å². The molecule has 0 spiro atoms. The third-order valence-corrected chi connectivity index (χ3v) is 3.08. The molecule has 19 heavy (non-hydrogen) atoms. The SMILES string of the molecule is CC(=O)c1ccc2oc(-c3cccnc3Cl)nc2c1. The molecule has 94 valence electrons. The molecule has 0 N–H and O–H groups in total. The van der Waals surface area contributed by atoms with Gasteiger partial charge in [0, 0.05) is 11.8 Å². The fraction of sp³-hybridized carbons (Fsp3) is 0.0714. The second-order valence-electron chi connectivity index (χ2n) is 4.10. The van der Waals surface area contributed by atoms with Crippen LogP contribution in [0.25, 0.3) is 22.6 Å². The number of oxazole rings is 1. The summed E-state index contributed by atoms with van der Waals surface area (Å²) in [6, 6.07) is 8.69. The van der Waals surface area contributed by atoms with Crippen LogP contribution < -0.4 is 0 Å². The maximum absolute atomic E-state index is 11.3. The fourth-order valence-electron chi connectivity index (χ4n) is 1.81. The van der Waals surface area contributed by atoms with Gasteiger partial charge in [0.25, 0.3) is 0 Å². The van der Waals surface area contributed by atoms with Crippen LogP contribution in [0.1, 0.15) is 17.3 Å². The third kappa shape index (κ3) is 2.11. The Kier molecular flexibility index (Phi) is 2.80. The molecule has 1 aromatic carbocycles. The molecular weight excluding hydrogens is 264 g/mol. The van der Waals surface area contributed by atoms with Crippen molar-refractivity contribution < 1.29 is 9.21 Å². The molecule has 4 nitrogen and oxygen atoms in total. The van der Waals surface area contributed by atoms with Gasteiger partial charge >= 0.3 is 0 Å². The molecule has 3 rings (SSSR count). The number of ketones is 1. The first kappa shape index (κ1) is 11.9. The average Bonchev–Trinajstić information content (AvgIpc) is 2.81. The van der Waals surface area contributed by atoms with Crippen LogP contribution in [0.3, 0.4) is 0 Å². The lowest BCUT2D eigenvalue weighted by Gasteiger charge is -1.95. The Morgan fingerprint density at radius 2 is 2.16 bits per heavy atom. The number of halogens is 1. The average molecular weight is 273 g/mol. The van der Waals surface area contributed by atoms with Crippen LogP contribution in [0.15, 0.2) is 40.9 Å². The number of carbonyl (C=O) groups excluding carboxylic acids is 1. The molecule has 0 saturated carbocycles. The Bertz CT molecular complexity index is 780. The second kappa shape index (κ2) is 4.48. The van der Waals surface area contributed by atoms with E-state index in [1.165, 1.54) is 6.92 Å². The zero-order valence-electron chi connectivity index (χ0n) is 10.1. The van der Waals surface area contributed by atoms with Crippen LogP contribution in [-0.4, -0.2) is 15.8 Å². The summed E-state index contributed by atoms with van der Waals surface area (Å²) in [7, 11) is 0. The van der Waals surface area contributed by atoms with Crippen molar-refractivity contribution in [1.29, 1.82) is 0 Å². The van der Waals surface area contributed by atoms with Gasteiger partial charge in [0.05, 0.1) is 5.56 Å². The highest BCUT2D eigenvalue weighted by molar-refractivity contribution is 6.31. The van der Waals surface area contributed by atoms with E-state index in [9.17, 15) is 4.79 Å². The number of rotatable bonds is 2. The Morgan fingerprint density at radius 3 is 2.89 bits per heavy atom. The molecule has 0 atom stereocenters. The van der Waals surface area contributed by atoms with E-state index >= 15 is 0 Å².